The Kier molecular flexibility index (Phi) is 3.87. The fraction of sp³-hybridized carbons (Fsp3) is 0.357. The van der Waals surface area contributed by atoms with Crippen LogP contribution in [0.1, 0.15) is 29.6 Å². The summed E-state index contributed by atoms with van der Waals surface area (Å²) in [6.45, 7) is 4.28. The molecular formula is C14H16N2O2. The van der Waals surface area contributed by atoms with Crippen molar-refractivity contribution in [3.8, 4) is 0 Å². The highest BCUT2D eigenvalue weighted by Crippen LogP contribution is 2.21. The predicted octanol–water partition coefficient (Wildman–Crippen LogP) is 2.04. The molecule has 1 aromatic rings. The summed E-state index contributed by atoms with van der Waals surface area (Å²) < 4.78 is 0. The molecule has 0 aliphatic carbocycles. The van der Waals surface area contributed by atoms with Gasteiger partial charge < -0.3 is 4.90 Å². The maximum absolute atomic E-state index is 12.3. The molecule has 1 saturated heterocycles. The minimum Gasteiger partial charge on any atom is -0.319 e. The van der Waals surface area contributed by atoms with Gasteiger partial charge in [-0.15, -0.1) is 0 Å². The Labute approximate surface area is 106 Å². The van der Waals surface area contributed by atoms with Crippen molar-refractivity contribution in [2.75, 3.05) is 6.54 Å². The minimum atomic E-state index is -0.588. The predicted molar refractivity (Wildman–Crippen MR) is 67.8 cm³/mol. The van der Waals surface area contributed by atoms with Gasteiger partial charge in [-0.25, -0.2) is 0 Å². The highest BCUT2D eigenvalue weighted by atomic mass is 16.2. The fourth-order valence-corrected chi connectivity index (χ4v) is 2.20. The van der Waals surface area contributed by atoms with E-state index in [2.05, 4.69) is 11.6 Å². The van der Waals surface area contributed by atoms with Crippen molar-refractivity contribution in [1.29, 1.82) is 0 Å². The molecule has 1 aromatic heterocycles. The van der Waals surface area contributed by atoms with Crippen molar-refractivity contribution in [2.24, 2.45) is 5.92 Å². The van der Waals surface area contributed by atoms with Crippen molar-refractivity contribution in [2.45, 2.75) is 19.3 Å². The van der Waals surface area contributed by atoms with E-state index in [1.807, 2.05) is 0 Å². The quantitative estimate of drug-likeness (QED) is 0.604. The number of amides is 1. The van der Waals surface area contributed by atoms with Crippen LogP contribution < -0.4 is 0 Å². The minimum absolute atomic E-state index is 0.137. The highest BCUT2D eigenvalue weighted by Gasteiger charge is 2.32. The summed E-state index contributed by atoms with van der Waals surface area (Å²) in [5.74, 6) is -0.868. The van der Waals surface area contributed by atoms with Crippen LogP contribution in [0.25, 0.3) is 0 Å². The van der Waals surface area contributed by atoms with Crippen LogP contribution in [0.5, 0.6) is 0 Å². The summed E-state index contributed by atoms with van der Waals surface area (Å²) in [5, 5.41) is 0. The Bertz CT molecular complexity index is 456. The van der Waals surface area contributed by atoms with Gasteiger partial charge in [0.25, 0.3) is 0 Å². The van der Waals surface area contributed by atoms with E-state index in [0.29, 0.717) is 18.5 Å². The monoisotopic (exact) mass is 244 g/mol. The number of aromatic nitrogens is 1. The van der Waals surface area contributed by atoms with E-state index in [4.69, 9.17) is 0 Å². The van der Waals surface area contributed by atoms with Gasteiger partial charge in [-0.2, -0.15) is 0 Å². The number of carbonyl (C=O) groups is 2. The number of carbonyl (C=O) groups excluding carboxylic acids is 2. The number of likely N-dealkylation sites (tertiary alicyclic amines) is 1. The first-order chi connectivity index (χ1) is 8.74. The number of nitrogens with zero attached hydrogens (tertiary/aromatic N) is 2. The summed E-state index contributed by atoms with van der Waals surface area (Å²) in [6.07, 6.45) is 7.04. The molecular weight excluding hydrogens is 228 g/mol. The van der Waals surface area contributed by atoms with E-state index < -0.39 is 5.92 Å². The number of hydrogen-bond donors (Lipinski definition) is 0. The second kappa shape index (κ2) is 5.58. The lowest BCUT2D eigenvalue weighted by Crippen LogP contribution is -2.34. The van der Waals surface area contributed by atoms with Crippen molar-refractivity contribution in [3.63, 3.8) is 0 Å². The number of Topliss-reactive ketones (excluding diaryl/α,β-unsaturated/α-hetero) is 1. The van der Waals surface area contributed by atoms with Gasteiger partial charge in [0.1, 0.15) is 5.92 Å². The van der Waals surface area contributed by atoms with E-state index >= 15 is 0 Å². The van der Waals surface area contributed by atoms with Crippen LogP contribution in [0.2, 0.25) is 0 Å². The van der Waals surface area contributed by atoms with Crippen LogP contribution in [0, 0.1) is 5.92 Å². The van der Waals surface area contributed by atoms with Crippen LogP contribution in [-0.2, 0) is 4.79 Å². The zero-order valence-electron chi connectivity index (χ0n) is 10.2. The van der Waals surface area contributed by atoms with Gasteiger partial charge in [-0.3, -0.25) is 14.6 Å². The van der Waals surface area contributed by atoms with Crippen LogP contribution in [0.3, 0.4) is 0 Å². The number of pyridine rings is 1. The van der Waals surface area contributed by atoms with E-state index in [9.17, 15) is 9.59 Å². The molecule has 0 radical (unpaired) electrons. The van der Waals surface area contributed by atoms with Crippen molar-refractivity contribution in [1.82, 2.24) is 9.88 Å². The van der Waals surface area contributed by atoms with Crippen molar-refractivity contribution in [3.05, 3.63) is 42.9 Å². The average Bonchev–Trinajstić information content (AvgIpc) is 2.60. The second-order valence-electron chi connectivity index (χ2n) is 4.37. The lowest BCUT2D eigenvalue weighted by atomic mass is 9.93. The topological polar surface area (TPSA) is 50.3 Å². The molecule has 1 fully saturated rings. The molecule has 94 valence electrons. The zero-order valence-corrected chi connectivity index (χ0v) is 10.2. The zero-order chi connectivity index (χ0) is 13.0. The summed E-state index contributed by atoms with van der Waals surface area (Å²) in [4.78, 5) is 30.0. The Balaban J connectivity index is 2.23. The van der Waals surface area contributed by atoms with Crippen LogP contribution in [0.4, 0.5) is 0 Å². The number of rotatable bonds is 3. The smallest absolute Gasteiger partial charge is 0.237 e. The maximum atomic E-state index is 12.3. The molecule has 4 nitrogen and oxygen atoms in total. The highest BCUT2D eigenvalue weighted by molar-refractivity contribution is 6.10. The Morgan fingerprint density at radius 2 is 2.33 bits per heavy atom. The summed E-state index contributed by atoms with van der Waals surface area (Å²) >= 11 is 0. The number of ketones is 1. The molecule has 1 aliphatic heterocycles. The molecule has 0 saturated carbocycles. The van der Waals surface area contributed by atoms with Gasteiger partial charge >= 0.3 is 0 Å². The first-order valence-corrected chi connectivity index (χ1v) is 6.11. The summed E-state index contributed by atoms with van der Waals surface area (Å²) in [7, 11) is 0. The normalized spacial score (nSPS) is 20.3. The lowest BCUT2D eigenvalue weighted by molar-refractivity contribution is -0.130. The Morgan fingerprint density at radius 1 is 1.50 bits per heavy atom. The summed E-state index contributed by atoms with van der Waals surface area (Å²) in [6, 6.07) is 3.41. The average molecular weight is 244 g/mol. The van der Waals surface area contributed by atoms with E-state index in [1.54, 1.807) is 23.2 Å². The third-order valence-corrected chi connectivity index (χ3v) is 3.21. The fourth-order valence-electron chi connectivity index (χ4n) is 2.20. The number of hydrogen-bond acceptors (Lipinski definition) is 3. The van der Waals surface area contributed by atoms with Crippen molar-refractivity contribution < 1.29 is 9.59 Å². The molecule has 18 heavy (non-hydrogen) atoms. The van der Waals surface area contributed by atoms with Crippen LogP contribution >= 0.6 is 0 Å². The molecule has 4 heteroatoms. The van der Waals surface area contributed by atoms with E-state index in [-0.39, 0.29) is 11.7 Å². The van der Waals surface area contributed by atoms with Crippen LogP contribution in [-0.4, -0.2) is 28.1 Å². The molecule has 1 amide bonds. The maximum Gasteiger partial charge on any atom is 0.237 e. The molecule has 0 aromatic carbocycles. The lowest BCUT2D eigenvalue weighted by Gasteiger charge is -2.19. The molecule has 2 rings (SSSR count). The van der Waals surface area contributed by atoms with Gasteiger partial charge in [0.15, 0.2) is 5.78 Å². The van der Waals surface area contributed by atoms with E-state index in [1.165, 1.54) is 12.4 Å². The Morgan fingerprint density at radius 3 is 3.00 bits per heavy atom. The second-order valence-corrected chi connectivity index (χ2v) is 4.37. The largest absolute Gasteiger partial charge is 0.319 e. The molecule has 1 atom stereocenters. The molecule has 1 aliphatic rings. The van der Waals surface area contributed by atoms with Gasteiger partial charge in [0.05, 0.1) is 0 Å². The molecule has 2 heterocycles. The third kappa shape index (κ3) is 2.47. The molecule has 0 unspecified atom stereocenters. The van der Waals surface area contributed by atoms with Gasteiger partial charge in [0, 0.05) is 24.5 Å². The standard InChI is InChI=1S/C14H16N2O2/c1-2-16-9-4-3-7-12(14(16)18)13(17)11-6-5-8-15-10-11/h2,5-6,8,10,12H,1,3-4,7,9H2/t12-/m0/s1. The first-order valence-electron chi connectivity index (χ1n) is 6.11. The van der Waals surface area contributed by atoms with Gasteiger partial charge in [0.2, 0.25) is 5.91 Å². The van der Waals surface area contributed by atoms with Gasteiger partial charge in [-0.05, 0) is 31.2 Å². The molecule has 0 N–H and O–H groups in total. The van der Waals surface area contributed by atoms with Crippen LogP contribution in [0.15, 0.2) is 37.3 Å². The van der Waals surface area contributed by atoms with Crippen molar-refractivity contribution >= 4 is 11.7 Å². The first kappa shape index (κ1) is 12.5. The Hall–Kier alpha value is -1.97. The van der Waals surface area contributed by atoms with E-state index in [0.717, 1.165) is 12.8 Å². The third-order valence-electron chi connectivity index (χ3n) is 3.21. The molecule has 0 spiro atoms. The summed E-state index contributed by atoms with van der Waals surface area (Å²) in [5.41, 5.74) is 0.502. The SMILES string of the molecule is C=CN1CCCC[C@@H](C(=O)c2cccnc2)C1=O. The van der Waals surface area contributed by atoms with Gasteiger partial charge in [-0.1, -0.05) is 13.0 Å². The molecule has 0 bridgehead atoms.